The Kier molecular flexibility index (Phi) is 4.04. The lowest BCUT2D eigenvalue weighted by Gasteiger charge is -2.05. The van der Waals surface area contributed by atoms with Gasteiger partial charge >= 0.3 is 0 Å². The van der Waals surface area contributed by atoms with Gasteiger partial charge in [-0.1, -0.05) is 34.1 Å². The number of amides is 1. The summed E-state index contributed by atoms with van der Waals surface area (Å²) in [5.74, 6) is 0.208. The summed E-state index contributed by atoms with van der Waals surface area (Å²) in [6.45, 7) is 1.85. The fraction of sp³-hybridized carbons (Fsp3) is 0.154. The van der Waals surface area contributed by atoms with Crippen LogP contribution in [0.1, 0.15) is 11.3 Å². The average molecular weight is 306 g/mol. The van der Waals surface area contributed by atoms with Crippen LogP contribution in [0.3, 0.4) is 0 Å². The van der Waals surface area contributed by atoms with Gasteiger partial charge < -0.3 is 0 Å². The van der Waals surface area contributed by atoms with Crippen LogP contribution in [0, 0.1) is 6.92 Å². The Bertz CT molecular complexity index is 572. The molecule has 1 aromatic carbocycles. The molecule has 1 heterocycles. The molecule has 1 N–H and O–H groups in total. The summed E-state index contributed by atoms with van der Waals surface area (Å²) >= 11 is 3.41. The lowest BCUT2D eigenvalue weighted by molar-refractivity contribution is -0.115. The third-order valence-electron chi connectivity index (χ3n) is 2.35. The Morgan fingerprint density at radius 2 is 2.11 bits per heavy atom. The van der Waals surface area contributed by atoms with Gasteiger partial charge in [0.2, 0.25) is 11.9 Å². The van der Waals surface area contributed by atoms with E-state index < -0.39 is 0 Å². The molecule has 18 heavy (non-hydrogen) atoms. The first-order valence-corrected chi connectivity index (χ1v) is 6.27. The molecule has 0 spiro atoms. The highest BCUT2D eigenvalue weighted by atomic mass is 79.9. The lowest BCUT2D eigenvalue weighted by Crippen LogP contribution is -2.16. The van der Waals surface area contributed by atoms with Crippen LogP contribution in [0.15, 0.2) is 41.0 Å². The second kappa shape index (κ2) is 5.73. The van der Waals surface area contributed by atoms with E-state index in [0.29, 0.717) is 12.4 Å². The maximum Gasteiger partial charge on any atom is 0.231 e. The number of benzene rings is 1. The molecule has 0 radical (unpaired) electrons. The molecule has 1 aromatic heterocycles. The van der Waals surface area contributed by atoms with Gasteiger partial charge in [-0.05, 0) is 24.6 Å². The standard InChI is InChI=1S/C13H12BrN3O/c1-9-6-7-15-13(16-9)17-12(18)8-10-4-2-3-5-11(10)14/h2-7H,8H2,1H3,(H,15,16,17,18). The van der Waals surface area contributed by atoms with Crippen molar-refractivity contribution in [1.29, 1.82) is 0 Å². The molecule has 0 aliphatic rings. The molecule has 0 saturated heterocycles. The second-order valence-electron chi connectivity index (χ2n) is 3.84. The Labute approximate surface area is 114 Å². The number of nitrogens with one attached hydrogen (secondary N) is 1. The maximum atomic E-state index is 11.8. The molecule has 4 nitrogen and oxygen atoms in total. The first-order valence-electron chi connectivity index (χ1n) is 5.48. The lowest BCUT2D eigenvalue weighted by atomic mass is 10.1. The van der Waals surface area contributed by atoms with Crippen molar-refractivity contribution in [3.8, 4) is 0 Å². The van der Waals surface area contributed by atoms with E-state index in [4.69, 9.17) is 0 Å². The minimum atomic E-state index is -0.132. The van der Waals surface area contributed by atoms with Gasteiger partial charge in [-0.3, -0.25) is 10.1 Å². The highest BCUT2D eigenvalue weighted by Gasteiger charge is 2.07. The maximum absolute atomic E-state index is 11.8. The Balaban J connectivity index is 2.03. The van der Waals surface area contributed by atoms with Gasteiger partial charge in [0.25, 0.3) is 0 Å². The van der Waals surface area contributed by atoms with Gasteiger partial charge in [-0.25, -0.2) is 9.97 Å². The monoisotopic (exact) mass is 305 g/mol. The van der Waals surface area contributed by atoms with Gasteiger partial charge in [0.05, 0.1) is 6.42 Å². The van der Waals surface area contributed by atoms with Crippen molar-refractivity contribution < 1.29 is 4.79 Å². The van der Waals surface area contributed by atoms with Gasteiger partial charge in [0.1, 0.15) is 0 Å². The van der Waals surface area contributed by atoms with Crippen LogP contribution >= 0.6 is 15.9 Å². The second-order valence-corrected chi connectivity index (χ2v) is 4.69. The molecule has 92 valence electrons. The number of nitrogens with zero attached hydrogens (tertiary/aromatic N) is 2. The molecule has 0 bridgehead atoms. The molecule has 0 aliphatic carbocycles. The van der Waals surface area contributed by atoms with E-state index in [-0.39, 0.29) is 5.91 Å². The molecule has 0 unspecified atom stereocenters. The number of hydrogen-bond donors (Lipinski definition) is 1. The van der Waals surface area contributed by atoms with Gasteiger partial charge in [-0.2, -0.15) is 0 Å². The van der Waals surface area contributed by atoms with Crippen LogP contribution in [0.4, 0.5) is 5.95 Å². The van der Waals surface area contributed by atoms with E-state index >= 15 is 0 Å². The van der Waals surface area contributed by atoms with Crippen molar-refractivity contribution in [2.75, 3.05) is 5.32 Å². The van der Waals surface area contributed by atoms with Crippen LogP contribution in [0.5, 0.6) is 0 Å². The third kappa shape index (κ3) is 3.37. The fourth-order valence-electron chi connectivity index (χ4n) is 1.49. The molecule has 2 aromatic rings. The topological polar surface area (TPSA) is 54.9 Å². The van der Waals surface area contributed by atoms with Crippen LogP contribution in [-0.4, -0.2) is 15.9 Å². The highest BCUT2D eigenvalue weighted by Crippen LogP contribution is 2.16. The van der Waals surface area contributed by atoms with E-state index in [1.165, 1.54) is 0 Å². The molecule has 0 aliphatic heterocycles. The number of carbonyl (C=O) groups excluding carboxylic acids is 1. The summed E-state index contributed by atoms with van der Waals surface area (Å²) in [5, 5.41) is 2.68. The van der Waals surface area contributed by atoms with Crippen LogP contribution < -0.4 is 5.32 Å². The summed E-state index contributed by atoms with van der Waals surface area (Å²) < 4.78 is 0.922. The summed E-state index contributed by atoms with van der Waals surface area (Å²) in [4.78, 5) is 19.9. The van der Waals surface area contributed by atoms with Crippen LogP contribution in [0.2, 0.25) is 0 Å². The average Bonchev–Trinajstić information content (AvgIpc) is 2.32. The number of anilines is 1. The normalized spacial score (nSPS) is 10.1. The minimum absolute atomic E-state index is 0.132. The van der Waals surface area contributed by atoms with Gasteiger partial charge in [0, 0.05) is 16.4 Å². The first kappa shape index (κ1) is 12.7. The van der Waals surface area contributed by atoms with E-state index in [1.54, 1.807) is 12.3 Å². The number of hydrogen-bond acceptors (Lipinski definition) is 3. The fourth-order valence-corrected chi connectivity index (χ4v) is 1.92. The Hall–Kier alpha value is -1.75. The molecule has 0 atom stereocenters. The quantitative estimate of drug-likeness (QED) is 0.948. The van der Waals surface area contributed by atoms with Crippen molar-refractivity contribution >= 4 is 27.8 Å². The zero-order chi connectivity index (χ0) is 13.0. The predicted molar refractivity (Wildman–Crippen MR) is 73.2 cm³/mol. The zero-order valence-corrected chi connectivity index (χ0v) is 11.4. The predicted octanol–water partition coefficient (Wildman–Crippen LogP) is 2.73. The van der Waals surface area contributed by atoms with Crippen molar-refractivity contribution in [2.45, 2.75) is 13.3 Å². The van der Waals surface area contributed by atoms with Crippen LogP contribution in [-0.2, 0) is 11.2 Å². The van der Waals surface area contributed by atoms with Crippen molar-refractivity contribution in [2.24, 2.45) is 0 Å². The number of rotatable bonds is 3. The number of carbonyl (C=O) groups is 1. The van der Waals surface area contributed by atoms with Gasteiger partial charge in [0.15, 0.2) is 0 Å². The van der Waals surface area contributed by atoms with E-state index in [2.05, 4.69) is 31.2 Å². The van der Waals surface area contributed by atoms with Crippen molar-refractivity contribution in [3.05, 3.63) is 52.3 Å². The summed E-state index contributed by atoms with van der Waals surface area (Å²) in [7, 11) is 0. The minimum Gasteiger partial charge on any atom is -0.294 e. The van der Waals surface area contributed by atoms with Gasteiger partial charge in [-0.15, -0.1) is 0 Å². The SMILES string of the molecule is Cc1ccnc(NC(=O)Cc2ccccc2Br)n1. The summed E-state index contributed by atoms with van der Waals surface area (Å²) in [5.41, 5.74) is 1.75. The molecule has 1 amide bonds. The molecule has 0 fully saturated rings. The zero-order valence-electron chi connectivity index (χ0n) is 9.85. The molecular formula is C13H12BrN3O. The molecular weight excluding hydrogens is 294 g/mol. The highest BCUT2D eigenvalue weighted by molar-refractivity contribution is 9.10. The van der Waals surface area contributed by atoms with E-state index in [1.807, 2.05) is 31.2 Å². The van der Waals surface area contributed by atoms with Crippen LogP contribution in [0.25, 0.3) is 0 Å². The largest absolute Gasteiger partial charge is 0.294 e. The molecule has 2 rings (SSSR count). The number of aryl methyl sites for hydroxylation is 1. The summed E-state index contributed by atoms with van der Waals surface area (Å²) in [6.07, 6.45) is 1.91. The smallest absolute Gasteiger partial charge is 0.231 e. The number of halogens is 1. The first-order chi connectivity index (χ1) is 8.65. The summed E-state index contributed by atoms with van der Waals surface area (Å²) in [6, 6.07) is 9.40. The van der Waals surface area contributed by atoms with Crippen molar-refractivity contribution in [1.82, 2.24) is 9.97 Å². The van der Waals surface area contributed by atoms with Crippen molar-refractivity contribution in [3.63, 3.8) is 0 Å². The third-order valence-corrected chi connectivity index (χ3v) is 3.13. The Morgan fingerprint density at radius 3 is 2.83 bits per heavy atom. The Morgan fingerprint density at radius 1 is 1.33 bits per heavy atom. The van der Waals surface area contributed by atoms with E-state index in [0.717, 1.165) is 15.7 Å². The number of aromatic nitrogens is 2. The van der Waals surface area contributed by atoms with E-state index in [9.17, 15) is 4.79 Å². The molecule has 5 heteroatoms. The molecule has 0 saturated carbocycles.